The van der Waals surface area contributed by atoms with Gasteiger partial charge in [-0.1, -0.05) is 6.92 Å². The van der Waals surface area contributed by atoms with Crippen LogP contribution in [0.5, 0.6) is 0 Å². The first-order chi connectivity index (χ1) is 8.19. The van der Waals surface area contributed by atoms with Crippen molar-refractivity contribution in [1.29, 1.82) is 0 Å². The minimum Gasteiger partial charge on any atom is -0.340 e. The third-order valence-corrected chi connectivity index (χ3v) is 4.15. The maximum absolute atomic E-state index is 11.2. The van der Waals surface area contributed by atoms with Crippen LogP contribution in [0.25, 0.3) is 0 Å². The van der Waals surface area contributed by atoms with Crippen molar-refractivity contribution in [2.45, 2.75) is 26.8 Å². The Balaban J connectivity index is 1.83. The Labute approximate surface area is 106 Å². The summed E-state index contributed by atoms with van der Waals surface area (Å²) in [6.07, 6.45) is 1.02. The van der Waals surface area contributed by atoms with Crippen molar-refractivity contribution in [2.75, 3.05) is 26.2 Å². The third-order valence-electron chi connectivity index (χ3n) is 3.10. The molecule has 0 N–H and O–H groups in total. The summed E-state index contributed by atoms with van der Waals surface area (Å²) in [6.45, 7) is 8.30. The Bertz CT molecular complexity index is 383. The fourth-order valence-corrected chi connectivity index (χ4v) is 2.77. The molecule has 1 aliphatic heterocycles. The summed E-state index contributed by atoms with van der Waals surface area (Å²) >= 11 is 1.74. The summed E-state index contributed by atoms with van der Waals surface area (Å²) < 4.78 is 0. The number of piperazine rings is 1. The predicted molar refractivity (Wildman–Crippen MR) is 69.0 cm³/mol. The Morgan fingerprint density at radius 2 is 2.12 bits per heavy atom. The smallest absolute Gasteiger partial charge is 0.219 e. The first-order valence-corrected chi connectivity index (χ1v) is 6.98. The summed E-state index contributed by atoms with van der Waals surface area (Å²) in [5.41, 5.74) is 1.17. The van der Waals surface area contributed by atoms with Crippen molar-refractivity contribution in [3.8, 4) is 0 Å². The van der Waals surface area contributed by atoms with E-state index in [1.54, 1.807) is 18.3 Å². The number of carbonyl (C=O) groups is 1. The van der Waals surface area contributed by atoms with Gasteiger partial charge in [-0.05, 0) is 6.42 Å². The van der Waals surface area contributed by atoms with Crippen LogP contribution in [0.1, 0.15) is 24.5 Å². The van der Waals surface area contributed by atoms with E-state index in [1.165, 1.54) is 10.7 Å². The Hall–Kier alpha value is -0.940. The molecule has 0 unspecified atom stereocenters. The van der Waals surface area contributed by atoms with Gasteiger partial charge >= 0.3 is 0 Å². The number of amides is 1. The van der Waals surface area contributed by atoms with Crippen molar-refractivity contribution in [3.63, 3.8) is 0 Å². The summed E-state index contributed by atoms with van der Waals surface area (Å²) in [5.74, 6) is 0.187. The minimum absolute atomic E-state index is 0.187. The van der Waals surface area contributed by atoms with E-state index in [4.69, 9.17) is 0 Å². The number of rotatable bonds is 3. The van der Waals surface area contributed by atoms with Crippen LogP contribution in [0.3, 0.4) is 0 Å². The molecule has 0 saturated carbocycles. The fraction of sp³-hybridized carbons (Fsp3) is 0.667. The molecule has 0 aromatic carbocycles. The monoisotopic (exact) mass is 253 g/mol. The number of thiazole rings is 1. The lowest BCUT2D eigenvalue weighted by Crippen LogP contribution is -2.47. The van der Waals surface area contributed by atoms with Crippen LogP contribution < -0.4 is 0 Å². The van der Waals surface area contributed by atoms with Gasteiger partial charge in [-0.3, -0.25) is 9.69 Å². The highest BCUT2D eigenvalue weighted by molar-refractivity contribution is 7.09. The van der Waals surface area contributed by atoms with E-state index in [9.17, 15) is 4.79 Å². The molecule has 1 amide bonds. The van der Waals surface area contributed by atoms with Crippen molar-refractivity contribution in [1.82, 2.24) is 14.8 Å². The van der Waals surface area contributed by atoms with E-state index >= 15 is 0 Å². The van der Waals surface area contributed by atoms with Crippen molar-refractivity contribution >= 4 is 17.2 Å². The van der Waals surface area contributed by atoms with Gasteiger partial charge in [0.05, 0.1) is 10.7 Å². The molecule has 1 fully saturated rings. The second-order valence-electron chi connectivity index (χ2n) is 4.37. The van der Waals surface area contributed by atoms with E-state index in [0.717, 1.165) is 39.1 Å². The Kier molecular flexibility index (Phi) is 4.12. The molecule has 5 heteroatoms. The van der Waals surface area contributed by atoms with Gasteiger partial charge in [-0.15, -0.1) is 11.3 Å². The number of hydrogen-bond donors (Lipinski definition) is 0. The molecule has 0 spiro atoms. The van der Waals surface area contributed by atoms with Crippen LogP contribution in [0, 0.1) is 0 Å². The standard InChI is InChI=1S/C12H19N3OS/c1-3-12-13-11(9-17-12)8-14-4-6-15(7-5-14)10(2)16/h9H,3-8H2,1-2H3. The summed E-state index contributed by atoms with van der Waals surface area (Å²) in [7, 11) is 0. The Morgan fingerprint density at radius 1 is 1.41 bits per heavy atom. The van der Waals surface area contributed by atoms with E-state index in [2.05, 4.69) is 22.2 Å². The highest BCUT2D eigenvalue weighted by Gasteiger charge is 2.18. The van der Waals surface area contributed by atoms with E-state index < -0.39 is 0 Å². The normalized spacial score (nSPS) is 17.4. The van der Waals surface area contributed by atoms with Gasteiger partial charge in [0.15, 0.2) is 0 Å². The second kappa shape index (κ2) is 5.60. The molecular weight excluding hydrogens is 234 g/mol. The first-order valence-electron chi connectivity index (χ1n) is 6.10. The van der Waals surface area contributed by atoms with Gasteiger partial charge in [0, 0.05) is 45.0 Å². The molecule has 1 saturated heterocycles. The number of aromatic nitrogens is 1. The zero-order chi connectivity index (χ0) is 12.3. The highest BCUT2D eigenvalue weighted by atomic mass is 32.1. The highest BCUT2D eigenvalue weighted by Crippen LogP contribution is 2.13. The third kappa shape index (κ3) is 3.26. The maximum atomic E-state index is 11.2. The van der Waals surface area contributed by atoms with Crippen molar-refractivity contribution in [2.24, 2.45) is 0 Å². The lowest BCUT2D eigenvalue weighted by atomic mass is 10.3. The number of aryl methyl sites for hydroxylation is 1. The van der Waals surface area contributed by atoms with Gasteiger partial charge in [0.1, 0.15) is 0 Å². The minimum atomic E-state index is 0.187. The lowest BCUT2D eigenvalue weighted by molar-refractivity contribution is -0.130. The van der Waals surface area contributed by atoms with Gasteiger partial charge < -0.3 is 4.90 Å². The Morgan fingerprint density at radius 3 is 2.65 bits per heavy atom. The maximum Gasteiger partial charge on any atom is 0.219 e. The molecular formula is C12H19N3OS. The molecule has 17 heavy (non-hydrogen) atoms. The topological polar surface area (TPSA) is 36.4 Å². The van der Waals surface area contributed by atoms with Crippen molar-refractivity contribution in [3.05, 3.63) is 16.1 Å². The van der Waals surface area contributed by atoms with Gasteiger partial charge in [-0.2, -0.15) is 0 Å². The number of hydrogen-bond acceptors (Lipinski definition) is 4. The SMILES string of the molecule is CCc1nc(CN2CCN(C(C)=O)CC2)cs1. The zero-order valence-electron chi connectivity index (χ0n) is 10.5. The van der Waals surface area contributed by atoms with Crippen LogP contribution in [-0.2, 0) is 17.8 Å². The van der Waals surface area contributed by atoms with E-state index in [-0.39, 0.29) is 5.91 Å². The van der Waals surface area contributed by atoms with Crippen LogP contribution in [0.2, 0.25) is 0 Å². The number of nitrogens with zero attached hydrogens (tertiary/aromatic N) is 3. The predicted octanol–water partition coefficient (Wildman–Crippen LogP) is 1.37. The molecule has 0 atom stereocenters. The molecule has 0 aliphatic carbocycles. The summed E-state index contributed by atoms with van der Waals surface area (Å²) in [5, 5.41) is 3.36. The van der Waals surface area contributed by atoms with Crippen molar-refractivity contribution < 1.29 is 4.79 Å². The fourth-order valence-electron chi connectivity index (χ4n) is 2.03. The molecule has 1 aromatic heterocycles. The molecule has 2 heterocycles. The summed E-state index contributed by atoms with van der Waals surface area (Å²) in [4.78, 5) is 20.1. The lowest BCUT2D eigenvalue weighted by Gasteiger charge is -2.33. The van der Waals surface area contributed by atoms with Gasteiger partial charge in [0.25, 0.3) is 0 Å². The molecule has 4 nitrogen and oxygen atoms in total. The van der Waals surface area contributed by atoms with Gasteiger partial charge in [-0.25, -0.2) is 4.98 Å². The van der Waals surface area contributed by atoms with Crippen LogP contribution in [0.15, 0.2) is 5.38 Å². The largest absolute Gasteiger partial charge is 0.340 e. The van der Waals surface area contributed by atoms with Gasteiger partial charge in [0.2, 0.25) is 5.91 Å². The number of carbonyl (C=O) groups excluding carboxylic acids is 1. The molecule has 2 rings (SSSR count). The summed E-state index contributed by atoms with van der Waals surface area (Å²) in [6, 6.07) is 0. The average Bonchev–Trinajstić information content (AvgIpc) is 2.77. The van der Waals surface area contributed by atoms with Crippen LogP contribution >= 0.6 is 11.3 Å². The van der Waals surface area contributed by atoms with E-state index in [1.807, 2.05) is 4.90 Å². The molecule has 94 valence electrons. The average molecular weight is 253 g/mol. The molecule has 0 bridgehead atoms. The molecule has 0 radical (unpaired) electrons. The molecule has 1 aromatic rings. The molecule has 1 aliphatic rings. The second-order valence-corrected chi connectivity index (χ2v) is 5.31. The zero-order valence-corrected chi connectivity index (χ0v) is 11.3. The van der Waals surface area contributed by atoms with E-state index in [0.29, 0.717) is 0 Å². The first kappa shape index (κ1) is 12.5. The van der Waals surface area contributed by atoms with Crippen LogP contribution in [-0.4, -0.2) is 46.9 Å². The van der Waals surface area contributed by atoms with Crippen LogP contribution in [0.4, 0.5) is 0 Å². The quantitative estimate of drug-likeness (QED) is 0.816.